The molecule has 2 heterocycles. The lowest BCUT2D eigenvalue weighted by Crippen LogP contribution is -2.49. The SMILES string of the molecule is COc1ccc([C@H]2CN(Cc3cccc(Oc4ncccn4)c3)CCN2C(C)=O)cc1. The molecular formula is C24H26N4O3. The van der Waals surface area contributed by atoms with Gasteiger partial charge >= 0.3 is 6.01 Å². The van der Waals surface area contributed by atoms with Gasteiger partial charge in [-0.25, -0.2) is 9.97 Å². The number of methoxy groups -OCH3 is 1. The molecule has 0 N–H and O–H groups in total. The number of ether oxygens (including phenoxy) is 2. The topological polar surface area (TPSA) is 67.8 Å². The highest BCUT2D eigenvalue weighted by molar-refractivity contribution is 5.74. The predicted molar refractivity (Wildman–Crippen MR) is 117 cm³/mol. The van der Waals surface area contributed by atoms with Crippen LogP contribution in [0.4, 0.5) is 0 Å². The first-order chi connectivity index (χ1) is 15.1. The number of benzene rings is 2. The number of piperazine rings is 1. The minimum absolute atomic E-state index is 0.00862. The molecule has 0 aliphatic carbocycles. The monoisotopic (exact) mass is 418 g/mol. The molecule has 0 saturated carbocycles. The number of aromatic nitrogens is 2. The van der Waals surface area contributed by atoms with Crippen molar-refractivity contribution in [3.05, 3.63) is 78.1 Å². The second kappa shape index (κ2) is 9.57. The summed E-state index contributed by atoms with van der Waals surface area (Å²) >= 11 is 0. The summed E-state index contributed by atoms with van der Waals surface area (Å²) in [7, 11) is 1.65. The third-order valence-electron chi connectivity index (χ3n) is 5.43. The largest absolute Gasteiger partial charge is 0.497 e. The number of hydrogen-bond donors (Lipinski definition) is 0. The van der Waals surface area contributed by atoms with Crippen molar-refractivity contribution in [2.75, 3.05) is 26.7 Å². The van der Waals surface area contributed by atoms with E-state index in [0.29, 0.717) is 18.3 Å². The third-order valence-corrected chi connectivity index (χ3v) is 5.43. The number of carbonyl (C=O) groups is 1. The second-order valence-corrected chi connectivity index (χ2v) is 7.52. The van der Waals surface area contributed by atoms with Crippen molar-refractivity contribution in [2.45, 2.75) is 19.5 Å². The van der Waals surface area contributed by atoms with Crippen molar-refractivity contribution in [1.82, 2.24) is 19.8 Å². The van der Waals surface area contributed by atoms with Crippen LogP contribution in [0.2, 0.25) is 0 Å². The molecule has 1 saturated heterocycles. The van der Waals surface area contributed by atoms with Crippen LogP contribution in [-0.2, 0) is 11.3 Å². The molecule has 7 nitrogen and oxygen atoms in total. The van der Waals surface area contributed by atoms with Gasteiger partial charge in [-0.2, -0.15) is 0 Å². The van der Waals surface area contributed by atoms with Crippen molar-refractivity contribution in [2.24, 2.45) is 0 Å². The molecule has 31 heavy (non-hydrogen) atoms. The number of nitrogens with zero attached hydrogens (tertiary/aromatic N) is 4. The van der Waals surface area contributed by atoms with Crippen molar-refractivity contribution >= 4 is 5.91 Å². The summed E-state index contributed by atoms with van der Waals surface area (Å²) in [4.78, 5) is 24.8. The van der Waals surface area contributed by atoms with Gasteiger partial charge in [0.05, 0.1) is 13.2 Å². The zero-order chi connectivity index (χ0) is 21.6. The second-order valence-electron chi connectivity index (χ2n) is 7.52. The Kier molecular flexibility index (Phi) is 6.43. The van der Waals surface area contributed by atoms with Gasteiger partial charge in [-0.15, -0.1) is 0 Å². The Bertz CT molecular complexity index is 1010. The van der Waals surface area contributed by atoms with Gasteiger partial charge in [0, 0.05) is 45.5 Å². The van der Waals surface area contributed by atoms with E-state index < -0.39 is 0 Å². The molecular weight excluding hydrogens is 392 g/mol. The van der Waals surface area contributed by atoms with E-state index in [0.717, 1.165) is 36.5 Å². The minimum Gasteiger partial charge on any atom is -0.497 e. The Morgan fingerprint density at radius 2 is 1.81 bits per heavy atom. The molecule has 3 aromatic rings. The number of hydrogen-bond acceptors (Lipinski definition) is 6. The van der Waals surface area contributed by atoms with Gasteiger partial charge in [-0.3, -0.25) is 9.69 Å². The molecule has 1 aliphatic rings. The summed E-state index contributed by atoms with van der Waals surface area (Å²) in [6, 6.07) is 18.0. The van der Waals surface area contributed by atoms with Crippen LogP contribution >= 0.6 is 0 Å². The van der Waals surface area contributed by atoms with Gasteiger partial charge in [-0.05, 0) is 41.5 Å². The minimum atomic E-state index is 0.00862. The lowest BCUT2D eigenvalue weighted by atomic mass is 10.0. The Hall–Kier alpha value is -3.45. The summed E-state index contributed by atoms with van der Waals surface area (Å²) in [5.41, 5.74) is 2.25. The average Bonchev–Trinajstić information content (AvgIpc) is 2.80. The van der Waals surface area contributed by atoms with Crippen LogP contribution in [0.1, 0.15) is 24.1 Å². The molecule has 0 bridgehead atoms. The van der Waals surface area contributed by atoms with Crippen molar-refractivity contribution in [3.63, 3.8) is 0 Å². The molecule has 0 radical (unpaired) electrons. The fourth-order valence-corrected chi connectivity index (χ4v) is 3.88. The summed E-state index contributed by atoms with van der Waals surface area (Å²) in [5.74, 6) is 1.61. The van der Waals surface area contributed by atoms with Gasteiger partial charge in [0.15, 0.2) is 0 Å². The van der Waals surface area contributed by atoms with Gasteiger partial charge in [0.1, 0.15) is 11.5 Å². The van der Waals surface area contributed by atoms with Crippen LogP contribution < -0.4 is 9.47 Å². The zero-order valence-corrected chi connectivity index (χ0v) is 17.8. The molecule has 2 aromatic carbocycles. The first kappa shape index (κ1) is 20.8. The Morgan fingerprint density at radius 3 is 2.52 bits per heavy atom. The maximum atomic E-state index is 12.2. The highest BCUT2D eigenvalue weighted by Crippen LogP contribution is 2.28. The Labute approximate surface area is 182 Å². The first-order valence-electron chi connectivity index (χ1n) is 10.3. The maximum Gasteiger partial charge on any atom is 0.321 e. The van der Waals surface area contributed by atoms with Crippen LogP contribution in [0.25, 0.3) is 0 Å². The van der Waals surface area contributed by atoms with E-state index in [9.17, 15) is 4.79 Å². The summed E-state index contributed by atoms with van der Waals surface area (Å²) in [5, 5.41) is 0. The van der Waals surface area contributed by atoms with Crippen molar-refractivity contribution in [3.8, 4) is 17.5 Å². The molecule has 160 valence electrons. The van der Waals surface area contributed by atoms with Crippen LogP contribution in [0.3, 0.4) is 0 Å². The predicted octanol–water partition coefficient (Wildman–Crippen LogP) is 3.68. The maximum absolute atomic E-state index is 12.2. The van der Waals surface area contributed by atoms with E-state index >= 15 is 0 Å². The van der Waals surface area contributed by atoms with Gasteiger partial charge in [0.2, 0.25) is 5.91 Å². The standard InChI is InChI=1S/C24H26N4O3/c1-18(29)28-14-13-27(17-23(28)20-7-9-21(30-2)10-8-20)16-19-5-3-6-22(15-19)31-24-25-11-4-12-26-24/h3-12,15,23H,13-14,16-17H2,1-2H3/t23-/m1/s1. The molecule has 1 atom stereocenters. The third kappa shape index (κ3) is 5.19. The summed E-state index contributed by atoms with van der Waals surface area (Å²) in [6.45, 7) is 4.68. The number of amides is 1. The fraction of sp³-hybridized carbons (Fsp3) is 0.292. The number of carbonyl (C=O) groups excluding carboxylic acids is 1. The molecule has 1 fully saturated rings. The van der Waals surface area contributed by atoms with E-state index in [1.165, 1.54) is 0 Å². The van der Waals surface area contributed by atoms with E-state index in [4.69, 9.17) is 9.47 Å². The zero-order valence-electron chi connectivity index (χ0n) is 17.8. The molecule has 7 heteroatoms. The molecule has 1 aliphatic heterocycles. The van der Waals surface area contributed by atoms with E-state index in [2.05, 4.69) is 20.9 Å². The van der Waals surface area contributed by atoms with Gasteiger partial charge < -0.3 is 14.4 Å². The van der Waals surface area contributed by atoms with Gasteiger partial charge in [0.25, 0.3) is 0 Å². The van der Waals surface area contributed by atoms with Crippen molar-refractivity contribution < 1.29 is 14.3 Å². The molecule has 0 spiro atoms. The smallest absolute Gasteiger partial charge is 0.321 e. The molecule has 0 unspecified atom stereocenters. The van der Waals surface area contributed by atoms with Crippen LogP contribution in [0, 0.1) is 0 Å². The lowest BCUT2D eigenvalue weighted by Gasteiger charge is -2.41. The van der Waals surface area contributed by atoms with Crippen LogP contribution in [0.5, 0.6) is 17.5 Å². The Morgan fingerprint density at radius 1 is 1.03 bits per heavy atom. The summed E-state index contributed by atoms with van der Waals surface area (Å²) in [6.07, 6.45) is 3.31. The summed E-state index contributed by atoms with van der Waals surface area (Å²) < 4.78 is 11.0. The highest BCUT2D eigenvalue weighted by atomic mass is 16.5. The molecule has 1 aromatic heterocycles. The normalized spacial score (nSPS) is 16.7. The van der Waals surface area contributed by atoms with E-state index in [-0.39, 0.29) is 11.9 Å². The van der Waals surface area contributed by atoms with Gasteiger partial charge in [-0.1, -0.05) is 24.3 Å². The van der Waals surface area contributed by atoms with E-state index in [1.54, 1.807) is 32.5 Å². The first-order valence-corrected chi connectivity index (χ1v) is 10.3. The molecule has 4 rings (SSSR count). The highest BCUT2D eigenvalue weighted by Gasteiger charge is 2.30. The Balaban J connectivity index is 1.47. The lowest BCUT2D eigenvalue weighted by molar-refractivity contribution is -0.134. The van der Waals surface area contributed by atoms with Crippen LogP contribution in [0.15, 0.2) is 67.0 Å². The quantitative estimate of drug-likeness (QED) is 0.608. The van der Waals surface area contributed by atoms with Crippen molar-refractivity contribution in [1.29, 1.82) is 0 Å². The fourth-order valence-electron chi connectivity index (χ4n) is 3.88. The average molecular weight is 418 g/mol. The number of rotatable bonds is 6. The van der Waals surface area contributed by atoms with Crippen LogP contribution in [-0.4, -0.2) is 52.4 Å². The molecule has 1 amide bonds. The van der Waals surface area contributed by atoms with E-state index in [1.807, 2.05) is 47.4 Å².